The van der Waals surface area contributed by atoms with E-state index in [0.717, 1.165) is 10.1 Å². The summed E-state index contributed by atoms with van der Waals surface area (Å²) in [4.78, 5) is 11.8. The van der Waals surface area contributed by atoms with Gasteiger partial charge in [0, 0.05) is 0 Å². The molecule has 0 spiro atoms. The van der Waals surface area contributed by atoms with E-state index in [1.165, 1.54) is 23.7 Å². The van der Waals surface area contributed by atoms with Crippen molar-refractivity contribution in [1.29, 1.82) is 5.26 Å². The van der Waals surface area contributed by atoms with Gasteiger partial charge in [-0.2, -0.15) is 10.4 Å². The highest BCUT2D eigenvalue weighted by Crippen LogP contribution is 2.24. The Labute approximate surface area is 122 Å². The lowest BCUT2D eigenvalue weighted by atomic mass is 10.2. The fourth-order valence-corrected chi connectivity index (χ4v) is 2.78. The van der Waals surface area contributed by atoms with Crippen LogP contribution in [0.2, 0.25) is 0 Å². The summed E-state index contributed by atoms with van der Waals surface area (Å²) in [6.45, 7) is 2.01. The van der Waals surface area contributed by atoms with E-state index in [1.807, 2.05) is 6.92 Å². The molecule has 2 rings (SSSR count). The lowest BCUT2D eigenvalue weighted by Crippen LogP contribution is -2.13. The maximum absolute atomic E-state index is 11.8. The minimum Gasteiger partial charge on any atom is -0.461 e. The second kappa shape index (κ2) is 6.83. The third-order valence-corrected chi connectivity index (χ3v) is 3.85. The SMILES string of the molecule is CCSc1nnc(N/N=C(\C#N)C(=O)c2ccco2)s1. The molecular weight excluding hydrogens is 298 g/mol. The van der Waals surface area contributed by atoms with Crippen LogP contribution in [0.15, 0.2) is 32.3 Å². The standard InChI is InChI=1S/C11H9N5O2S2/c1-2-19-11-16-15-10(20-11)14-13-7(6-12)9(17)8-4-3-5-18-8/h3-5H,2H2,1H3,(H,14,15)/b13-7+. The van der Waals surface area contributed by atoms with E-state index < -0.39 is 5.78 Å². The topological polar surface area (TPSA) is 104 Å². The number of nitrogens with zero attached hydrogens (tertiary/aromatic N) is 4. The number of thioether (sulfide) groups is 1. The van der Waals surface area contributed by atoms with E-state index in [-0.39, 0.29) is 11.5 Å². The summed E-state index contributed by atoms with van der Waals surface area (Å²) in [5, 5.41) is 20.9. The number of carbonyl (C=O) groups excluding carboxylic acids is 1. The van der Waals surface area contributed by atoms with Crippen LogP contribution in [0.25, 0.3) is 0 Å². The molecule has 0 fully saturated rings. The van der Waals surface area contributed by atoms with Gasteiger partial charge in [-0.15, -0.1) is 10.2 Å². The quantitative estimate of drug-likeness (QED) is 0.378. The van der Waals surface area contributed by atoms with Gasteiger partial charge in [0.2, 0.25) is 10.8 Å². The van der Waals surface area contributed by atoms with E-state index in [4.69, 9.17) is 9.68 Å². The van der Waals surface area contributed by atoms with E-state index in [2.05, 4.69) is 20.7 Å². The molecule has 9 heteroatoms. The minimum atomic E-state index is -0.585. The number of anilines is 1. The molecular formula is C11H9N5O2S2. The number of nitriles is 1. The summed E-state index contributed by atoms with van der Waals surface area (Å²) >= 11 is 2.85. The van der Waals surface area contributed by atoms with Crippen LogP contribution < -0.4 is 5.43 Å². The summed E-state index contributed by atoms with van der Waals surface area (Å²) in [6.07, 6.45) is 1.36. The van der Waals surface area contributed by atoms with Crippen molar-refractivity contribution in [2.75, 3.05) is 11.2 Å². The molecule has 0 aliphatic rings. The first kappa shape index (κ1) is 14.2. The number of hydrazone groups is 1. The Kier molecular flexibility index (Phi) is 4.86. The molecule has 0 radical (unpaired) electrons. The number of nitrogens with one attached hydrogen (secondary N) is 1. The highest BCUT2D eigenvalue weighted by atomic mass is 32.2. The van der Waals surface area contributed by atoms with Crippen molar-refractivity contribution < 1.29 is 9.21 Å². The summed E-state index contributed by atoms with van der Waals surface area (Å²) < 4.78 is 5.72. The van der Waals surface area contributed by atoms with Gasteiger partial charge in [-0.3, -0.25) is 4.79 Å². The largest absolute Gasteiger partial charge is 0.461 e. The van der Waals surface area contributed by atoms with Gasteiger partial charge in [0.05, 0.1) is 6.26 Å². The molecule has 0 unspecified atom stereocenters. The summed E-state index contributed by atoms with van der Waals surface area (Å²) in [5.74, 6) is 0.363. The zero-order valence-corrected chi connectivity index (χ0v) is 12.0. The van der Waals surface area contributed by atoms with Crippen molar-refractivity contribution in [1.82, 2.24) is 10.2 Å². The smallest absolute Gasteiger partial charge is 0.259 e. The number of Topliss-reactive ketones (excluding diaryl/α,β-unsaturated/α-hetero) is 1. The third kappa shape index (κ3) is 3.43. The van der Waals surface area contributed by atoms with Crippen LogP contribution in [0.5, 0.6) is 0 Å². The second-order valence-electron chi connectivity index (χ2n) is 3.30. The Bertz CT molecular complexity index is 657. The van der Waals surface area contributed by atoms with Gasteiger partial charge in [0.15, 0.2) is 10.1 Å². The molecule has 0 aliphatic carbocycles. The van der Waals surface area contributed by atoms with E-state index >= 15 is 0 Å². The van der Waals surface area contributed by atoms with Crippen molar-refractivity contribution in [2.45, 2.75) is 11.3 Å². The fraction of sp³-hybridized carbons (Fsp3) is 0.182. The average molecular weight is 307 g/mol. The molecule has 1 N–H and O–H groups in total. The normalized spacial score (nSPS) is 11.1. The van der Waals surface area contributed by atoms with Crippen LogP contribution >= 0.6 is 23.1 Å². The Hall–Kier alpha value is -2.18. The summed E-state index contributed by atoms with van der Waals surface area (Å²) in [7, 11) is 0. The highest BCUT2D eigenvalue weighted by molar-refractivity contribution is 8.01. The highest BCUT2D eigenvalue weighted by Gasteiger charge is 2.17. The summed E-state index contributed by atoms with van der Waals surface area (Å²) in [5.41, 5.74) is 2.25. The lowest BCUT2D eigenvalue weighted by Gasteiger charge is -1.95. The molecule has 7 nitrogen and oxygen atoms in total. The molecule has 102 valence electrons. The number of aromatic nitrogens is 2. The number of rotatable bonds is 6. The molecule has 0 aliphatic heterocycles. The Morgan fingerprint density at radius 2 is 2.50 bits per heavy atom. The molecule has 2 heterocycles. The first-order valence-electron chi connectivity index (χ1n) is 5.53. The third-order valence-electron chi connectivity index (χ3n) is 2.00. The number of furan rings is 1. The maximum atomic E-state index is 11.8. The van der Waals surface area contributed by atoms with Crippen LogP contribution in [0.4, 0.5) is 5.13 Å². The molecule has 0 bridgehead atoms. The van der Waals surface area contributed by atoms with Gasteiger partial charge in [-0.1, -0.05) is 30.0 Å². The zero-order valence-electron chi connectivity index (χ0n) is 10.4. The van der Waals surface area contributed by atoms with Crippen molar-refractivity contribution in [3.8, 4) is 6.07 Å². The number of hydrogen-bond donors (Lipinski definition) is 1. The van der Waals surface area contributed by atoms with Crippen LogP contribution in [0.3, 0.4) is 0 Å². The van der Waals surface area contributed by atoms with Gasteiger partial charge in [-0.25, -0.2) is 5.43 Å². The van der Waals surface area contributed by atoms with Crippen molar-refractivity contribution in [2.24, 2.45) is 5.10 Å². The second-order valence-corrected chi connectivity index (χ2v) is 5.79. The zero-order chi connectivity index (χ0) is 14.4. The molecule has 0 saturated carbocycles. The fourth-order valence-electron chi connectivity index (χ4n) is 1.19. The Morgan fingerprint density at radius 3 is 3.15 bits per heavy atom. The number of carbonyl (C=O) groups is 1. The van der Waals surface area contributed by atoms with Crippen LogP contribution in [0, 0.1) is 11.3 Å². The molecule has 0 saturated heterocycles. The molecule has 0 amide bonds. The van der Waals surface area contributed by atoms with Crippen LogP contribution in [-0.4, -0.2) is 27.4 Å². The first-order valence-corrected chi connectivity index (χ1v) is 7.33. The average Bonchev–Trinajstić information content (AvgIpc) is 3.11. The van der Waals surface area contributed by atoms with Gasteiger partial charge in [-0.05, 0) is 17.9 Å². The van der Waals surface area contributed by atoms with E-state index in [0.29, 0.717) is 5.13 Å². The Morgan fingerprint density at radius 1 is 1.65 bits per heavy atom. The van der Waals surface area contributed by atoms with E-state index in [1.54, 1.807) is 23.9 Å². The Balaban J connectivity index is 2.08. The minimum absolute atomic E-state index is 0.0617. The molecule has 0 aromatic carbocycles. The predicted octanol–water partition coefficient (Wildman–Crippen LogP) is 2.42. The molecule has 2 aromatic rings. The van der Waals surface area contributed by atoms with Crippen molar-refractivity contribution in [3.05, 3.63) is 24.2 Å². The first-order chi connectivity index (χ1) is 9.74. The molecule has 20 heavy (non-hydrogen) atoms. The van der Waals surface area contributed by atoms with Gasteiger partial charge >= 0.3 is 0 Å². The number of ketones is 1. The monoisotopic (exact) mass is 307 g/mol. The van der Waals surface area contributed by atoms with Crippen molar-refractivity contribution in [3.63, 3.8) is 0 Å². The van der Waals surface area contributed by atoms with E-state index in [9.17, 15) is 4.79 Å². The van der Waals surface area contributed by atoms with Crippen LogP contribution in [-0.2, 0) is 0 Å². The predicted molar refractivity (Wildman–Crippen MR) is 76.0 cm³/mol. The number of hydrogen-bond acceptors (Lipinski definition) is 9. The van der Waals surface area contributed by atoms with Gasteiger partial charge in [0.1, 0.15) is 6.07 Å². The molecule has 0 atom stereocenters. The van der Waals surface area contributed by atoms with Gasteiger partial charge < -0.3 is 4.42 Å². The summed E-state index contributed by atoms with van der Waals surface area (Å²) in [6, 6.07) is 4.75. The maximum Gasteiger partial charge on any atom is 0.259 e. The van der Waals surface area contributed by atoms with Crippen molar-refractivity contribution >= 4 is 39.7 Å². The molecule has 2 aromatic heterocycles. The van der Waals surface area contributed by atoms with Gasteiger partial charge in [0.25, 0.3) is 5.78 Å². The van der Waals surface area contributed by atoms with Crippen LogP contribution in [0.1, 0.15) is 17.5 Å². The lowest BCUT2D eigenvalue weighted by molar-refractivity contribution is 0.104.